The van der Waals surface area contributed by atoms with Crippen LogP contribution in [0.5, 0.6) is 5.88 Å². The van der Waals surface area contributed by atoms with Crippen LogP contribution in [0.3, 0.4) is 0 Å². The summed E-state index contributed by atoms with van der Waals surface area (Å²) in [7, 11) is 5.19. The number of hydrogen-bond donors (Lipinski definition) is 1. The summed E-state index contributed by atoms with van der Waals surface area (Å²) in [6, 6.07) is 8.50. The number of benzene rings is 1. The van der Waals surface area contributed by atoms with Crippen molar-refractivity contribution in [2.75, 3.05) is 40.8 Å². The quantitative estimate of drug-likeness (QED) is 0.617. The predicted octanol–water partition coefficient (Wildman–Crippen LogP) is 2.54. The van der Waals surface area contributed by atoms with Gasteiger partial charge in [-0.2, -0.15) is 0 Å². The molecule has 1 saturated carbocycles. The van der Waals surface area contributed by atoms with Gasteiger partial charge >= 0.3 is 0 Å². The molecule has 0 bridgehead atoms. The van der Waals surface area contributed by atoms with Crippen LogP contribution in [0.1, 0.15) is 47.4 Å². The number of fused-ring (bicyclic) bond motifs is 1. The number of aromatic nitrogens is 1. The fourth-order valence-corrected chi connectivity index (χ4v) is 4.54. The molecule has 9 nitrogen and oxygen atoms in total. The van der Waals surface area contributed by atoms with Gasteiger partial charge < -0.3 is 24.5 Å². The Hall–Kier alpha value is -3.46. The molecule has 3 atom stereocenters. The van der Waals surface area contributed by atoms with Crippen molar-refractivity contribution in [3.05, 3.63) is 47.7 Å². The maximum absolute atomic E-state index is 13.7. The first-order chi connectivity index (χ1) is 17.6. The Labute approximate surface area is 218 Å². The van der Waals surface area contributed by atoms with Crippen molar-refractivity contribution in [1.82, 2.24) is 19.7 Å². The van der Waals surface area contributed by atoms with E-state index in [1.54, 1.807) is 55.3 Å². The standard InChI is InChI=1S/C28H36N4O5/c1-17-14-32(18(2)16-33)28(36)23-12-22(19-6-8-20(9-7-19)26(34)30(3)4)13-29-25(23)37-24(17)15-31(5)27(35)21-10-11-21/h6-9,12-13,17-18,21,24,33H,10-11,14-16H2,1-5H3/t17-,18-,24-/m1/s1. The number of hydrogen-bond acceptors (Lipinski definition) is 6. The molecule has 1 aromatic carbocycles. The maximum Gasteiger partial charge on any atom is 0.259 e. The van der Waals surface area contributed by atoms with Crippen LogP contribution in [0, 0.1) is 11.8 Å². The highest BCUT2D eigenvalue weighted by atomic mass is 16.5. The molecular formula is C28H36N4O5. The lowest BCUT2D eigenvalue weighted by atomic mass is 9.98. The lowest BCUT2D eigenvalue weighted by Crippen LogP contribution is -2.50. The fraction of sp³-hybridized carbons (Fsp3) is 0.500. The molecule has 1 N–H and O–H groups in total. The second kappa shape index (κ2) is 10.9. The smallest absolute Gasteiger partial charge is 0.259 e. The van der Waals surface area contributed by atoms with Crippen LogP contribution >= 0.6 is 0 Å². The average molecular weight is 509 g/mol. The Morgan fingerprint density at radius 2 is 1.84 bits per heavy atom. The molecule has 9 heteroatoms. The van der Waals surface area contributed by atoms with E-state index in [2.05, 4.69) is 4.98 Å². The predicted molar refractivity (Wildman–Crippen MR) is 139 cm³/mol. The molecule has 1 aliphatic carbocycles. The number of likely N-dealkylation sites (N-methyl/N-ethyl adjacent to an activating group) is 1. The van der Waals surface area contributed by atoms with E-state index in [0.717, 1.165) is 18.4 Å². The number of pyridine rings is 1. The second-order valence-corrected chi connectivity index (χ2v) is 10.5. The lowest BCUT2D eigenvalue weighted by molar-refractivity contribution is -0.132. The van der Waals surface area contributed by atoms with Gasteiger partial charge in [-0.25, -0.2) is 4.98 Å². The molecule has 4 rings (SSSR count). The van der Waals surface area contributed by atoms with Gasteiger partial charge in [-0.15, -0.1) is 0 Å². The number of amides is 3. The van der Waals surface area contributed by atoms with Crippen LogP contribution in [-0.4, -0.2) is 95.5 Å². The Kier molecular flexibility index (Phi) is 7.82. The monoisotopic (exact) mass is 508 g/mol. The van der Waals surface area contributed by atoms with Crippen LogP contribution in [0.15, 0.2) is 36.5 Å². The number of carbonyl (C=O) groups excluding carboxylic acids is 3. The third kappa shape index (κ3) is 5.77. The number of ether oxygens (including phenoxy) is 1. The largest absolute Gasteiger partial charge is 0.472 e. The Bertz CT molecular complexity index is 1160. The summed E-state index contributed by atoms with van der Waals surface area (Å²) < 4.78 is 6.30. The van der Waals surface area contributed by atoms with Gasteiger partial charge in [0.1, 0.15) is 11.7 Å². The fourth-order valence-electron chi connectivity index (χ4n) is 4.54. The van der Waals surface area contributed by atoms with E-state index < -0.39 is 6.04 Å². The number of aliphatic hydroxyl groups excluding tert-OH is 1. The van der Waals surface area contributed by atoms with Gasteiger partial charge in [0, 0.05) is 56.8 Å². The SMILES string of the molecule is C[C@@H]1CN([C@H](C)CO)C(=O)c2cc(-c3ccc(C(=O)N(C)C)cc3)cnc2O[C@@H]1CN(C)C(=O)C1CC1. The van der Waals surface area contributed by atoms with Crippen LogP contribution in [-0.2, 0) is 4.79 Å². The van der Waals surface area contributed by atoms with Gasteiger partial charge in [-0.1, -0.05) is 19.1 Å². The van der Waals surface area contributed by atoms with Crippen molar-refractivity contribution in [3.8, 4) is 17.0 Å². The minimum Gasteiger partial charge on any atom is -0.472 e. The van der Waals surface area contributed by atoms with Gasteiger partial charge in [0.2, 0.25) is 11.8 Å². The van der Waals surface area contributed by atoms with Gasteiger partial charge in [-0.3, -0.25) is 14.4 Å². The molecule has 1 aromatic heterocycles. The van der Waals surface area contributed by atoms with Gasteiger partial charge in [0.25, 0.3) is 11.8 Å². The van der Waals surface area contributed by atoms with Gasteiger partial charge in [-0.05, 0) is 43.5 Å². The number of rotatable bonds is 7. The van der Waals surface area contributed by atoms with Crippen molar-refractivity contribution in [3.63, 3.8) is 0 Å². The third-order valence-electron chi connectivity index (χ3n) is 7.15. The molecule has 2 aliphatic rings. The Morgan fingerprint density at radius 1 is 1.16 bits per heavy atom. The summed E-state index contributed by atoms with van der Waals surface area (Å²) in [5, 5.41) is 9.87. The molecule has 0 radical (unpaired) electrons. The molecule has 0 saturated heterocycles. The highest BCUT2D eigenvalue weighted by molar-refractivity contribution is 5.98. The average Bonchev–Trinajstić information content (AvgIpc) is 3.74. The minimum absolute atomic E-state index is 0.0923. The highest BCUT2D eigenvalue weighted by Crippen LogP contribution is 2.33. The summed E-state index contributed by atoms with van der Waals surface area (Å²) in [5.41, 5.74) is 2.39. The third-order valence-corrected chi connectivity index (χ3v) is 7.15. The van der Waals surface area contributed by atoms with Gasteiger partial charge in [0.15, 0.2) is 0 Å². The van der Waals surface area contributed by atoms with E-state index in [4.69, 9.17) is 4.74 Å². The summed E-state index contributed by atoms with van der Waals surface area (Å²) in [6.07, 6.45) is 3.13. The van der Waals surface area contributed by atoms with E-state index in [1.165, 1.54) is 4.90 Å². The van der Waals surface area contributed by atoms with Crippen molar-refractivity contribution in [2.24, 2.45) is 11.8 Å². The first-order valence-corrected chi connectivity index (χ1v) is 12.8. The van der Waals surface area contributed by atoms with Crippen molar-refractivity contribution in [2.45, 2.75) is 38.8 Å². The van der Waals surface area contributed by atoms with E-state index in [-0.39, 0.29) is 48.1 Å². The van der Waals surface area contributed by atoms with Crippen LogP contribution in [0.2, 0.25) is 0 Å². The maximum atomic E-state index is 13.7. The van der Waals surface area contributed by atoms with Crippen LogP contribution in [0.25, 0.3) is 11.1 Å². The molecule has 0 unspecified atom stereocenters. The Morgan fingerprint density at radius 3 is 2.43 bits per heavy atom. The second-order valence-electron chi connectivity index (χ2n) is 10.5. The van der Waals surface area contributed by atoms with E-state index in [9.17, 15) is 19.5 Å². The minimum atomic E-state index is -0.396. The molecular weight excluding hydrogens is 472 g/mol. The first-order valence-electron chi connectivity index (χ1n) is 12.8. The molecule has 0 spiro atoms. The summed E-state index contributed by atoms with van der Waals surface area (Å²) in [4.78, 5) is 47.9. The Balaban J connectivity index is 1.67. The van der Waals surface area contributed by atoms with E-state index in [0.29, 0.717) is 29.8 Å². The molecule has 198 valence electrons. The normalized spacial score (nSPS) is 20.3. The molecule has 37 heavy (non-hydrogen) atoms. The zero-order valence-electron chi connectivity index (χ0n) is 22.2. The van der Waals surface area contributed by atoms with Crippen molar-refractivity contribution in [1.29, 1.82) is 0 Å². The van der Waals surface area contributed by atoms with E-state index in [1.807, 2.05) is 26.0 Å². The lowest BCUT2D eigenvalue weighted by Gasteiger charge is -2.37. The number of carbonyl (C=O) groups is 3. The summed E-state index contributed by atoms with van der Waals surface area (Å²) >= 11 is 0. The number of aliphatic hydroxyl groups is 1. The van der Waals surface area contributed by atoms with Crippen LogP contribution in [0.4, 0.5) is 0 Å². The molecule has 3 amide bonds. The molecule has 1 fully saturated rings. The van der Waals surface area contributed by atoms with Crippen molar-refractivity contribution < 1.29 is 24.2 Å². The first kappa shape index (κ1) is 26.6. The van der Waals surface area contributed by atoms with Crippen LogP contribution < -0.4 is 4.74 Å². The number of nitrogens with zero attached hydrogens (tertiary/aromatic N) is 4. The zero-order chi connectivity index (χ0) is 26.9. The summed E-state index contributed by atoms with van der Waals surface area (Å²) in [6.45, 7) is 4.38. The molecule has 1 aliphatic heterocycles. The van der Waals surface area contributed by atoms with E-state index >= 15 is 0 Å². The summed E-state index contributed by atoms with van der Waals surface area (Å²) in [5.74, 6) is -0.0118. The van der Waals surface area contributed by atoms with Gasteiger partial charge in [0.05, 0.1) is 19.2 Å². The highest BCUT2D eigenvalue weighted by Gasteiger charge is 2.37. The van der Waals surface area contributed by atoms with Crippen molar-refractivity contribution >= 4 is 17.7 Å². The molecule has 2 aromatic rings. The topological polar surface area (TPSA) is 103 Å². The zero-order valence-corrected chi connectivity index (χ0v) is 22.2. The molecule has 2 heterocycles.